The van der Waals surface area contributed by atoms with Gasteiger partial charge in [0.25, 0.3) is 5.91 Å². The SMILES string of the molecule is CCCCN1CCC(NC(=O)c2ccc(S(=O)(=O)N3CCCCCC3)cc2)CC1. The van der Waals surface area contributed by atoms with Crippen molar-refractivity contribution in [3.8, 4) is 0 Å². The summed E-state index contributed by atoms with van der Waals surface area (Å²) in [7, 11) is -3.47. The molecule has 2 fully saturated rings. The minimum atomic E-state index is -3.47. The van der Waals surface area contributed by atoms with Crippen LogP contribution in [0.3, 0.4) is 0 Å². The Balaban J connectivity index is 1.55. The number of nitrogens with zero attached hydrogens (tertiary/aromatic N) is 2. The fraction of sp³-hybridized carbons (Fsp3) is 0.682. The zero-order valence-electron chi connectivity index (χ0n) is 17.6. The highest BCUT2D eigenvalue weighted by atomic mass is 32.2. The molecule has 1 aromatic carbocycles. The standard InChI is InChI=1S/C22H35N3O3S/c1-2-3-14-24-17-12-20(13-18-24)23-22(26)19-8-10-21(11-9-19)29(27,28)25-15-6-4-5-7-16-25/h8-11,20H,2-7,12-18H2,1H3,(H,23,26). The van der Waals surface area contributed by atoms with E-state index in [0.717, 1.165) is 58.2 Å². The van der Waals surface area contributed by atoms with Gasteiger partial charge in [-0.2, -0.15) is 4.31 Å². The normalized spacial score (nSPS) is 20.3. The molecule has 2 aliphatic rings. The maximum Gasteiger partial charge on any atom is 0.251 e. The predicted octanol–water partition coefficient (Wildman–Crippen LogP) is 3.25. The van der Waals surface area contributed by atoms with E-state index < -0.39 is 10.0 Å². The molecule has 0 saturated carbocycles. The number of unbranched alkanes of at least 4 members (excludes halogenated alkanes) is 1. The van der Waals surface area contributed by atoms with Crippen LogP contribution in [0.4, 0.5) is 0 Å². The first-order valence-electron chi connectivity index (χ1n) is 11.1. The number of rotatable bonds is 7. The highest BCUT2D eigenvalue weighted by molar-refractivity contribution is 7.89. The molecule has 3 rings (SSSR count). The highest BCUT2D eigenvalue weighted by Crippen LogP contribution is 2.21. The smallest absolute Gasteiger partial charge is 0.251 e. The number of benzene rings is 1. The number of hydrogen-bond donors (Lipinski definition) is 1. The Hall–Kier alpha value is -1.44. The van der Waals surface area contributed by atoms with Crippen molar-refractivity contribution in [3.05, 3.63) is 29.8 Å². The Morgan fingerprint density at radius 2 is 1.62 bits per heavy atom. The van der Waals surface area contributed by atoms with Crippen molar-refractivity contribution in [3.63, 3.8) is 0 Å². The average molecular weight is 422 g/mol. The maximum absolute atomic E-state index is 12.9. The van der Waals surface area contributed by atoms with Crippen molar-refractivity contribution >= 4 is 15.9 Å². The largest absolute Gasteiger partial charge is 0.349 e. The van der Waals surface area contributed by atoms with Gasteiger partial charge in [-0.3, -0.25) is 4.79 Å². The summed E-state index contributed by atoms with van der Waals surface area (Å²) in [5.74, 6) is -0.115. The number of likely N-dealkylation sites (tertiary alicyclic amines) is 1. The molecule has 2 saturated heterocycles. The molecule has 162 valence electrons. The number of carbonyl (C=O) groups is 1. The van der Waals surface area contributed by atoms with Crippen molar-refractivity contribution in [2.45, 2.75) is 69.2 Å². The molecule has 0 spiro atoms. The molecular weight excluding hydrogens is 386 g/mol. The summed E-state index contributed by atoms with van der Waals surface area (Å²) < 4.78 is 27.3. The van der Waals surface area contributed by atoms with Crippen LogP contribution in [0.5, 0.6) is 0 Å². The number of hydrogen-bond acceptors (Lipinski definition) is 4. The minimum absolute atomic E-state index is 0.115. The van der Waals surface area contributed by atoms with Crippen molar-refractivity contribution in [1.82, 2.24) is 14.5 Å². The van der Waals surface area contributed by atoms with Crippen LogP contribution in [0, 0.1) is 0 Å². The lowest BCUT2D eigenvalue weighted by Crippen LogP contribution is -2.44. The predicted molar refractivity (Wildman–Crippen MR) is 116 cm³/mol. The van der Waals surface area contributed by atoms with Crippen molar-refractivity contribution < 1.29 is 13.2 Å². The number of carbonyl (C=O) groups excluding carboxylic acids is 1. The van der Waals surface area contributed by atoms with E-state index in [0.29, 0.717) is 18.7 Å². The van der Waals surface area contributed by atoms with Crippen LogP contribution in [0.15, 0.2) is 29.2 Å². The van der Waals surface area contributed by atoms with Crippen LogP contribution in [-0.2, 0) is 10.0 Å². The van der Waals surface area contributed by atoms with Gasteiger partial charge in [0, 0.05) is 37.8 Å². The van der Waals surface area contributed by atoms with E-state index in [1.165, 1.54) is 12.8 Å². The zero-order chi connectivity index (χ0) is 20.7. The molecule has 2 aliphatic heterocycles. The first-order chi connectivity index (χ1) is 14.0. The summed E-state index contributed by atoms with van der Waals surface area (Å²) in [6, 6.07) is 6.61. The van der Waals surface area contributed by atoms with Crippen molar-refractivity contribution in [2.75, 3.05) is 32.7 Å². The monoisotopic (exact) mass is 421 g/mol. The first-order valence-corrected chi connectivity index (χ1v) is 12.6. The Morgan fingerprint density at radius 3 is 2.21 bits per heavy atom. The Kier molecular flexibility index (Phi) is 8.09. The Bertz CT molecular complexity index is 748. The van der Waals surface area contributed by atoms with Crippen LogP contribution in [-0.4, -0.2) is 62.3 Å². The number of piperidine rings is 1. The molecule has 0 bridgehead atoms. The van der Waals surface area contributed by atoms with Gasteiger partial charge in [0.1, 0.15) is 0 Å². The lowest BCUT2D eigenvalue weighted by atomic mass is 10.0. The van der Waals surface area contributed by atoms with E-state index in [-0.39, 0.29) is 16.8 Å². The second kappa shape index (κ2) is 10.5. The quantitative estimate of drug-likeness (QED) is 0.734. The van der Waals surface area contributed by atoms with Gasteiger partial charge in [-0.1, -0.05) is 26.2 Å². The van der Waals surface area contributed by atoms with E-state index in [1.54, 1.807) is 28.6 Å². The van der Waals surface area contributed by atoms with E-state index >= 15 is 0 Å². The van der Waals surface area contributed by atoms with E-state index in [1.807, 2.05) is 0 Å². The molecular formula is C22H35N3O3S. The molecule has 0 aliphatic carbocycles. The van der Waals surface area contributed by atoms with Gasteiger partial charge in [-0.15, -0.1) is 0 Å². The molecule has 0 aromatic heterocycles. The lowest BCUT2D eigenvalue weighted by molar-refractivity contribution is 0.0910. The van der Waals surface area contributed by atoms with Crippen LogP contribution < -0.4 is 5.32 Å². The first kappa shape index (κ1) is 22.2. The third-order valence-corrected chi connectivity index (χ3v) is 7.98. The molecule has 1 N–H and O–H groups in total. The Morgan fingerprint density at radius 1 is 1.00 bits per heavy atom. The molecule has 0 unspecified atom stereocenters. The topological polar surface area (TPSA) is 69.7 Å². The van der Waals surface area contributed by atoms with E-state index in [9.17, 15) is 13.2 Å². The summed E-state index contributed by atoms with van der Waals surface area (Å²) in [4.78, 5) is 15.3. The summed E-state index contributed by atoms with van der Waals surface area (Å²) in [6.07, 6.45) is 8.37. The second-order valence-corrected chi connectivity index (χ2v) is 10.2. The van der Waals surface area contributed by atoms with Crippen LogP contribution in [0.1, 0.15) is 68.6 Å². The lowest BCUT2D eigenvalue weighted by Gasteiger charge is -2.32. The average Bonchev–Trinajstić information content (AvgIpc) is 3.03. The van der Waals surface area contributed by atoms with Crippen molar-refractivity contribution in [2.24, 2.45) is 0 Å². The molecule has 7 heteroatoms. The highest BCUT2D eigenvalue weighted by Gasteiger charge is 2.26. The third kappa shape index (κ3) is 6.03. The minimum Gasteiger partial charge on any atom is -0.349 e. The van der Waals surface area contributed by atoms with E-state index in [4.69, 9.17) is 0 Å². The summed E-state index contributed by atoms with van der Waals surface area (Å²) >= 11 is 0. The molecule has 0 atom stereocenters. The van der Waals surface area contributed by atoms with E-state index in [2.05, 4.69) is 17.1 Å². The van der Waals surface area contributed by atoms with Gasteiger partial charge in [0.05, 0.1) is 4.90 Å². The summed E-state index contributed by atoms with van der Waals surface area (Å²) in [5, 5.41) is 3.12. The van der Waals surface area contributed by atoms with Gasteiger partial charge in [0.2, 0.25) is 10.0 Å². The van der Waals surface area contributed by atoms with Gasteiger partial charge < -0.3 is 10.2 Å². The van der Waals surface area contributed by atoms with Crippen LogP contribution in [0.25, 0.3) is 0 Å². The fourth-order valence-corrected chi connectivity index (χ4v) is 5.68. The fourth-order valence-electron chi connectivity index (χ4n) is 4.16. The van der Waals surface area contributed by atoms with Crippen LogP contribution >= 0.6 is 0 Å². The molecule has 2 heterocycles. The summed E-state index contributed by atoms with van der Waals surface area (Å²) in [5.41, 5.74) is 0.522. The van der Waals surface area contributed by atoms with Crippen LogP contribution in [0.2, 0.25) is 0 Å². The van der Waals surface area contributed by atoms with Gasteiger partial charge in [-0.25, -0.2) is 8.42 Å². The van der Waals surface area contributed by atoms with Crippen molar-refractivity contribution in [1.29, 1.82) is 0 Å². The molecule has 1 aromatic rings. The van der Waals surface area contributed by atoms with Gasteiger partial charge in [0.15, 0.2) is 0 Å². The second-order valence-electron chi connectivity index (χ2n) is 8.29. The molecule has 0 radical (unpaired) electrons. The van der Waals surface area contributed by atoms with Gasteiger partial charge in [-0.05, 0) is 62.9 Å². The number of sulfonamides is 1. The zero-order valence-corrected chi connectivity index (χ0v) is 18.4. The number of amides is 1. The molecule has 1 amide bonds. The molecule has 29 heavy (non-hydrogen) atoms. The maximum atomic E-state index is 12.9. The third-order valence-electron chi connectivity index (χ3n) is 6.07. The number of nitrogens with one attached hydrogen (secondary N) is 1. The van der Waals surface area contributed by atoms with Gasteiger partial charge >= 0.3 is 0 Å². The molecule has 6 nitrogen and oxygen atoms in total. The summed E-state index contributed by atoms with van der Waals surface area (Å²) in [6.45, 7) is 6.57. The Labute approximate surface area is 175 Å².